The van der Waals surface area contributed by atoms with E-state index in [1.165, 1.54) is 18.3 Å². The van der Waals surface area contributed by atoms with Crippen molar-refractivity contribution in [2.24, 2.45) is 28.8 Å². The van der Waals surface area contributed by atoms with Gasteiger partial charge in [0.2, 0.25) is 0 Å². The number of hydrogen-bond acceptors (Lipinski definition) is 4. The molecular weight excluding hydrogens is 451 g/mol. The third kappa shape index (κ3) is 3.27. The van der Waals surface area contributed by atoms with Crippen LogP contribution in [0.25, 0.3) is 0 Å². The van der Waals surface area contributed by atoms with Crippen molar-refractivity contribution in [3.8, 4) is 5.75 Å². The van der Waals surface area contributed by atoms with Crippen molar-refractivity contribution in [3.63, 3.8) is 0 Å². The number of nitrogens with zero attached hydrogens (tertiary/aromatic N) is 2. The van der Waals surface area contributed by atoms with Crippen LogP contribution in [-0.2, 0) is 16.2 Å². The molecule has 2 amide bonds. The van der Waals surface area contributed by atoms with Crippen LogP contribution in [0.3, 0.4) is 0 Å². The Bertz CT molecular complexity index is 1050. The van der Waals surface area contributed by atoms with Gasteiger partial charge in [-0.25, -0.2) is 4.39 Å². The second-order valence-electron chi connectivity index (χ2n) is 7.83. The van der Waals surface area contributed by atoms with Gasteiger partial charge in [-0.2, -0.15) is 10.1 Å². The van der Waals surface area contributed by atoms with Gasteiger partial charge in [0, 0.05) is 10.0 Å². The minimum Gasteiger partial charge on any atom is -0.488 e. The lowest BCUT2D eigenvalue weighted by Gasteiger charge is -2.13. The average molecular weight is 469 g/mol. The molecule has 0 N–H and O–H groups in total. The summed E-state index contributed by atoms with van der Waals surface area (Å²) in [6.45, 7) is 0.253. The first-order chi connectivity index (χ1) is 14.5. The Labute approximate surface area is 181 Å². The molecule has 30 heavy (non-hydrogen) atoms. The molecule has 4 atom stereocenters. The highest BCUT2D eigenvalue weighted by Crippen LogP contribution is 2.52. The van der Waals surface area contributed by atoms with Crippen molar-refractivity contribution in [2.45, 2.75) is 13.0 Å². The molecule has 2 aliphatic carbocycles. The molecule has 2 fully saturated rings. The Balaban J connectivity index is 1.35. The molecule has 1 heterocycles. The fourth-order valence-corrected chi connectivity index (χ4v) is 4.99. The number of amides is 2. The highest BCUT2D eigenvalue weighted by molar-refractivity contribution is 9.10. The summed E-state index contributed by atoms with van der Waals surface area (Å²) in [6, 6.07) is 11.5. The Morgan fingerprint density at radius 1 is 1.07 bits per heavy atom. The molecule has 0 radical (unpaired) electrons. The van der Waals surface area contributed by atoms with Gasteiger partial charge in [-0.15, -0.1) is 0 Å². The van der Waals surface area contributed by atoms with Gasteiger partial charge in [0.05, 0.1) is 18.1 Å². The van der Waals surface area contributed by atoms with E-state index < -0.39 is 0 Å². The van der Waals surface area contributed by atoms with Gasteiger partial charge in [0.25, 0.3) is 11.8 Å². The summed E-state index contributed by atoms with van der Waals surface area (Å²) in [4.78, 5) is 25.6. The zero-order valence-electron chi connectivity index (χ0n) is 15.9. The summed E-state index contributed by atoms with van der Waals surface area (Å²) >= 11 is 3.43. The summed E-state index contributed by atoms with van der Waals surface area (Å²) in [6.07, 6.45) is 6.48. The second kappa shape index (κ2) is 7.47. The Morgan fingerprint density at radius 3 is 2.40 bits per heavy atom. The number of hydrogen-bond donors (Lipinski definition) is 0. The van der Waals surface area contributed by atoms with Gasteiger partial charge in [-0.1, -0.05) is 40.2 Å². The van der Waals surface area contributed by atoms with Gasteiger partial charge >= 0.3 is 0 Å². The second-order valence-corrected chi connectivity index (χ2v) is 8.75. The van der Waals surface area contributed by atoms with Crippen LogP contribution in [0.5, 0.6) is 5.75 Å². The Kier molecular flexibility index (Phi) is 4.77. The van der Waals surface area contributed by atoms with E-state index >= 15 is 0 Å². The molecular formula is C23H18BrFN2O3. The number of fused-ring (bicyclic) bond motifs is 5. The number of rotatable bonds is 5. The zero-order valence-corrected chi connectivity index (χ0v) is 17.5. The standard InChI is InChI=1S/C23H18BrFN2O3/c24-17-5-8-19(30-12-13-1-6-18(25)7-2-13)16(10-17)11-26-27-22(28)20-14-3-4-15(9-14)21(20)23(27)29/h1-8,10-11,14-15,20-21H,9,12H2. The van der Waals surface area contributed by atoms with Crippen LogP contribution in [0.1, 0.15) is 17.5 Å². The van der Waals surface area contributed by atoms with Crippen molar-refractivity contribution in [1.82, 2.24) is 5.01 Å². The van der Waals surface area contributed by atoms with Crippen molar-refractivity contribution < 1.29 is 18.7 Å². The van der Waals surface area contributed by atoms with Crippen molar-refractivity contribution in [1.29, 1.82) is 0 Å². The zero-order chi connectivity index (χ0) is 20.8. The van der Waals surface area contributed by atoms with Crippen LogP contribution in [-0.4, -0.2) is 23.0 Å². The van der Waals surface area contributed by atoms with Crippen LogP contribution in [0.4, 0.5) is 4.39 Å². The molecule has 5 nitrogen and oxygen atoms in total. The molecule has 1 saturated heterocycles. The maximum Gasteiger partial charge on any atom is 0.254 e. The lowest BCUT2D eigenvalue weighted by atomic mass is 9.85. The number of halogens is 2. The van der Waals surface area contributed by atoms with Gasteiger partial charge in [0.15, 0.2) is 0 Å². The molecule has 152 valence electrons. The number of carbonyl (C=O) groups is 2. The van der Waals surface area contributed by atoms with Crippen LogP contribution >= 0.6 is 15.9 Å². The molecule has 2 aromatic carbocycles. The Morgan fingerprint density at radius 2 is 1.73 bits per heavy atom. The molecule has 7 heteroatoms. The van der Waals surface area contributed by atoms with E-state index in [1.807, 2.05) is 6.07 Å². The molecule has 1 saturated carbocycles. The van der Waals surface area contributed by atoms with E-state index in [4.69, 9.17) is 4.74 Å². The molecule has 0 spiro atoms. The lowest BCUT2D eigenvalue weighted by molar-refractivity contribution is -0.140. The highest BCUT2D eigenvalue weighted by Gasteiger charge is 2.59. The first kappa shape index (κ1) is 19.2. The van der Waals surface area contributed by atoms with Crippen LogP contribution < -0.4 is 4.74 Å². The monoisotopic (exact) mass is 468 g/mol. The number of carbonyl (C=O) groups excluding carboxylic acids is 2. The summed E-state index contributed by atoms with van der Waals surface area (Å²) < 4.78 is 19.8. The smallest absolute Gasteiger partial charge is 0.254 e. The third-order valence-corrected chi connectivity index (χ3v) is 6.53. The molecule has 2 aromatic rings. The minimum atomic E-state index is -0.302. The summed E-state index contributed by atoms with van der Waals surface area (Å²) in [7, 11) is 0. The molecule has 0 aromatic heterocycles. The maximum absolute atomic E-state index is 13.1. The predicted molar refractivity (Wildman–Crippen MR) is 112 cm³/mol. The number of benzene rings is 2. The van der Waals surface area contributed by atoms with Crippen LogP contribution in [0.2, 0.25) is 0 Å². The van der Waals surface area contributed by atoms with E-state index in [1.54, 1.807) is 24.3 Å². The first-order valence-corrected chi connectivity index (χ1v) is 10.6. The van der Waals surface area contributed by atoms with Crippen molar-refractivity contribution >= 4 is 34.0 Å². The fourth-order valence-electron chi connectivity index (χ4n) is 4.61. The predicted octanol–water partition coefficient (Wildman–Crippen LogP) is 4.31. The quantitative estimate of drug-likeness (QED) is 0.373. The molecule has 3 aliphatic rings. The number of ether oxygens (including phenoxy) is 1. The highest BCUT2D eigenvalue weighted by atomic mass is 79.9. The fraction of sp³-hybridized carbons (Fsp3) is 0.261. The molecule has 5 rings (SSSR count). The van der Waals surface area contributed by atoms with Crippen molar-refractivity contribution in [3.05, 3.63) is 76.0 Å². The third-order valence-electron chi connectivity index (χ3n) is 6.04. The molecule has 4 unspecified atom stereocenters. The minimum absolute atomic E-state index is 0.150. The van der Waals surface area contributed by atoms with E-state index in [0.29, 0.717) is 11.3 Å². The summed E-state index contributed by atoms with van der Waals surface area (Å²) in [5, 5.41) is 5.25. The normalized spacial score (nSPS) is 26.8. The largest absolute Gasteiger partial charge is 0.488 e. The SMILES string of the molecule is O=C1C2C3C=CC(C3)C2C(=O)N1N=Cc1cc(Br)ccc1OCc1ccc(F)cc1. The number of hydrazone groups is 1. The summed E-state index contributed by atoms with van der Waals surface area (Å²) in [5.41, 5.74) is 1.45. The molecule has 1 aliphatic heterocycles. The topological polar surface area (TPSA) is 59.0 Å². The molecule has 2 bridgehead atoms. The first-order valence-electron chi connectivity index (χ1n) is 9.78. The van der Waals surface area contributed by atoms with Gasteiger partial charge in [0.1, 0.15) is 18.2 Å². The van der Waals surface area contributed by atoms with Gasteiger partial charge in [-0.3, -0.25) is 9.59 Å². The lowest BCUT2D eigenvalue weighted by Crippen LogP contribution is -2.28. The summed E-state index contributed by atoms with van der Waals surface area (Å²) in [5.74, 6) is -0.448. The van der Waals surface area contributed by atoms with Crippen LogP contribution in [0, 0.1) is 29.5 Å². The van der Waals surface area contributed by atoms with Gasteiger partial charge in [-0.05, 0) is 54.2 Å². The van der Waals surface area contributed by atoms with E-state index in [9.17, 15) is 14.0 Å². The van der Waals surface area contributed by atoms with Crippen LogP contribution in [0.15, 0.2) is 64.2 Å². The number of allylic oxidation sites excluding steroid dienone is 2. The Hall–Kier alpha value is -2.80. The number of imide groups is 1. The van der Waals surface area contributed by atoms with E-state index in [0.717, 1.165) is 21.5 Å². The van der Waals surface area contributed by atoms with E-state index in [2.05, 4.69) is 33.2 Å². The average Bonchev–Trinajstić information content (AvgIpc) is 3.41. The van der Waals surface area contributed by atoms with Crippen molar-refractivity contribution in [2.75, 3.05) is 0 Å². The maximum atomic E-state index is 13.1. The van der Waals surface area contributed by atoms with E-state index in [-0.39, 0.29) is 47.9 Å². The van der Waals surface area contributed by atoms with Gasteiger partial charge < -0.3 is 4.74 Å².